The number of piperidine rings is 1. The monoisotopic (exact) mass is 290 g/mol. The summed E-state index contributed by atoms with van der Waals surface area (Å²) in [7, 11) is 0. The van der Waals surface area contributed by atoms with E-state index in [9.17, 15) is 9.59 Å². The molecule has 1 N–H and O–H groups in total. The van der Waals surface area contributed by atoms with Gasteiger partial charge in [0.05, 0.1) is 0 Å². The van der Waals surface area contributed by atoms with Gasteiger partial charge in [0.2, 0.25) is 5.91 Å². The maximum Gasteiger partial charge on any atom is 0.260 e. The Bertz CT molecular complexity index is 496. The van der Waals surface area contributed by atoms with Gasteiger partial charge in [-0.2, -0.15) is 0 Å². The number of ether oxygens (including phenoxy) is 1. The highest BCUT2D eigenvalue weighted by atomic mass is 16.5. The third kappa shape index (κ3) is 4.77. The van der Waals surface area contributed by atoms with Crippen LogP contribution in [0.5, 0.6) is 5.75 Å². The Labute approximate surface area is 125 Å². The first-order valence-corrected chi connectivity index (χ1v) is 7.49. The molecule has 5 nitrogen and oxygen atoms in total. The third-order valence-electron chi connectivity index (χ3n) is 3.51. The van der Waals surface area contributed by atoms with Gasteiger partial charge in [0.1, 0.15) is 5.75 Å². The molecule has 1 saturated heterocycles. The predicted octanol–water partition coefficient (Wildman–Crippen LogP) is 2.43. The van der Waals surface area contributed by atoms with E-state index < -0.39 is 0 Å². The quantitative estimate of drug-likeness (QED) is 0.906. The van der Waals surface area contributed by atoms with Crippen molar-refractivity contribution in [3.8, 4) is 5.75 Å². The lowest BCUT2D eigenvalue weighted by Gasteiger charge is -2.26. The zero-order valence-corrected chi connectivity index (χ0v) is 12.4. The fraction of sp³-hybridized carbons (Fsp3) is 0.500. The summed E-state index contributed by atoms with van der Waals surface area (Å²) < 4.78 is 5.53. The Morgan fingerprint density at radius 3 is 2.71 bits per heavy atom. The van der Waals surface area contributed by atoms with E-state index in [-0.39, 0.29) is 18.4 Å². The topological polar surface area (TPSA) is 58.6 Å². The van der Waals surface area contributed by atoms with Crippen LogP contribution in [0.3, 0.4) is 0 Å². The standard InChI is InChI=1S/C16H22N2O3/c1-2-15(19)17-13-7-6-8-14(11-13)21-12-16(20)18-9-4-3-5-10-18/h6-8,11H,2-5,9-10,12H2,1H3,(H,17,19). The second-order valence-electron chi connectivity index (χ2n) is 5.16. The summed E-state index contributed by atoms with van der Waals surface area (Å²) in [5.41, 5.74) is 0.685. The van der Waals surface area contributed by atoms with Crippen LogP contribution in [0.15, 0.2) is 24.3 Å². The van der Waals surface area contributed by atoms with Crippen molar-refractivity contribution in [1.82, 2.24) is 4.90 Å². The molecule has 1 aromatic carbocycles. The van der Waals surface area contributed by atoms with Gasteiger partial charge in [-0.05, 0) is 31.4 Å². The Morgan fingerprint density at radius 1 is 1.24 bits per heavy atom. The molecule has 1 aromatic rings. The molecule has 0 bridgehead atoms. The molecule has 5 heteroatoms. The summed E-state index contributed by atoms with van der Waals surface area (Å²) >= 11 is 0. The van der Waals surface area contributed by atoms with E-state index in [1.165, 1.54) is 6.42 Å². The Balaban J connectivity index is 1.86. The van der Waals surface area contributed by atoms with E-state index >= 15 is 0 Å². The average molecular weight is 290 g/mol. The highest BCUT2D eigenvalue weighted by molar-refractivity contribution is 5.90. The molecule has 2 amide bonds. The molecule has 0 saturated carbocycles. The highest BCUT2D eigenvalue weighted by Crippen LogP contribution is 2.18. The summed E-state index contributed by atoms with van der Waals surface area (Å²) in [6, 6.07) is 7.11. The van der Waals surface area contributed by atoms with Crippen molar-refractivity contribution in [2.45, 2.75) is 32.6 Å². The first-order chi connectivity index (χ1) is 10.2. The van der Waals surface area contributed by atoms with E-state index in [0.29, 0.717) is 17.9 Å². The molecule has 114 valence electrons. The second kappa shape index (κ2) is 7.67. The molecule has 1 fully saturated rings. The summed E-state index contributed by atoms with van der Waals surface area (Å²) in [6.07, 6.45) is 3.77. The van der Waals surface area contributed by atoms with Gasteiger partial charge in [-0.15, -0.1) is 0 Å². The first kappa shape index (κ1) is 15.4. The van der Waals surface area contributed by atoms with Crippen molar-refractivity contribution in [2.24, 2.45) is 0 Å². The van der Waals surface area contributed by atoms with Crippen LogP contribution < -0.4 is 10.1 Å². The van der Waals surface area contributed by atoms with E-state index in [1.54, 1.807) is 31.2 Å². The maximum absolute atomic E-state index is 12.0. The largest absolute Gasteiger partial charge is 0.484 e. The van der Waals surface area contributed by atoms with Crippen LogP contribution in [-0.4, -0.2) is 36.4 Å². The molecule has 1 aliphatic rings. The molecule has 0 aromatic heterocycles. The molecule has 21 heavy (non-hydrogen) atoms. The van der Waals surface area contributed by atoms with Crippen molar-refractivity contribution in [2.75, 3.05) is 25.0 Å². The number of nitrogens with one attached hydrogen (secondary N) is 1. The van der Waals surface area contributed by atoms with Crippen LogP contribution >= 0.6 is 0 Å². The summed E-state index contributed by atoms with van der Waals surface area (Å²) in [5.74, 6) is 0.573. The lowest BCUT2D eigenvalue weighted by molar-refractivity contribution is -0.134. The van der Waals surface area contributed by atoms with Crippen LogP contribution in [0.25, 0.3) is 0 Å². The minimum atomic E-state index is -0.0449. The Morgan fingerprint density at radius 2 is 2.00 bits per heavy atom. The predicted molar refractivity (Wildman–Crippen MR) is 81.3 cm³/mol. The fourth-order valence-electron chi connectivity index (χ4n) is 2.29. The Hall–Kier alpha value is -2.04. The zero-order chi connectivity index (χ0) is 15.1. The van der Waals surface area contributed by atoms with Crippen molar-refractivity contribution in [3.05, 3.63) is 24.3 Å². The second-order valence-corrected chi connectivity index (χ2v) is 5.16. The number of nitrogens with zero attached hydrogens (tertiary/aromatic N) is 1. The number of benzene rings is 1. The number of carbonyl (C=O) groups excluding carboxylic acids is 2. The van der Waals surface area contributed by atoms with E-state index in [2.05, 4.69) is 5.32 Å². The van der Waals surface area contributed by atoms with Gasteiger partial charge >= 0.3 is 0 Å². The van der Waals surface area contributed by atoms with Gasteiger partial charge in [-0.3, -0.25) is 9.59 Å². The van der Waals surface area contributed by atoms with Crippen LogP contribution in [-0.2, 0) is 9.59 Å². The number of carbonyl (C=O) groups is 2. The fourth-order valence-corrected chi connectivity index (χ4v) is 2.29. The molecular weight excluding hydrogens is 268 g/mol. The molecule has 2 rings (SSSR count). The zero-order valence-electron chi connectivity index (χ0n) is 12.4. The van der Waals surface area contributed by atoms with E-state index in [0.717, 1.165) is 25.9 Å². The first-order valence-electron chi connectivity index (χ1n) is 7.49. The minimum absolute atomic E-state index is 0.0256. The van der Waals surface area contributed by atoms with Crippen LogP contribution in [0, 0.1) is 0 Å². The van der Waals surface area contributed by atoms with Gasteiger partial charge in [-0.1, -0.05) is 13.0 Å². The molecule has 0 atom stereocenters. The average Bonchev–Trinajstić information content (AvgIpc) is 2.53. The van der Waals surface area contributed by atoms with Gasteiger partial charge in [0.25, 0.3) is 5.91 Å². The van der Waals surface area contributed by atoms with Crippen molar-refractivity contribution in [1.29, 1.82) is 0 Å². The van der Waals surface area contributed by atoms with Crippen molar-refractivity contribution >= 4 is 17.5 Å². The highest BCUT2D eigenvalue weighted by Gasteiger charge is 2.16. The SMILES string of the molecule is CCC(=O)Nc1cccc(OCC(=O)N2CCCCC2)c1. The third-order valence-corrected chi connectivity index (χ3v) is 3.51. The molecule has 0 radical (unpaired) electrons. The van der Waals surface area contributed by atoms with Gasteiger partial charge in [-0.25, -0.2) is 0 Å². The Kier molecular flexibility index (Phi) is 5.60. The van der Waals surface area contributed by atoms with Crippen LogP contribution in [0.2, 0.25) is 0 Å². The normalized spacial score (nSPS) is 14.6. The molecule has 1 heterocycles. The van der Waals surface area contributed by atoms with Crippen LogP contribution in [0.1, 0.15) is 32.6 Å². The molecule has 1 aliphatic heterocycles. The van der Waals surface area contributed by atoms with Gasteiger partial charge in [0.15, 0.2) is 6.61 Å². The number of rotatable bonds is 5. The van der Waals surface area contributed by atoms with Gasteiger partial charge in [0, 0.05) is 31.3 Å². The number of likely N-dealkylation sites (tertiary alicyclic amines) is 1. The number of hydrogen-bond donors (Lipinski definition) is 1. The lowest BCUT2D eigenvalue weighted by atomic mass is 10.1. The molecule has 0 unspecified atom stereocenters. The summed E-state index contributed by atoms with van der Waals surface area (Å²) in [4.78, 5) is 25.2. The maximum atomic E-state index is 12.0. The van der Waals surface area contributed by atoms with Crippen molar-refractivity contribution in [3.63, 3.8) is 0 Å². The molecule has 0 aliphatic carbocycles. The minimum Gasteiger partial charge on any atom is -0.484 e. The van der Waals surface area contributed by atoms with Crippen LogP contribution in [0.4, 0.5) is 5.69 Å². The van der Waals surface area contributed by atoms with E-state index in [4.69, 9.17) is 4.74 Å². The molecule has 0 spiro atoms. The van der Waals surface area contributed by atoms with Crippen molar-refractivity contribution < 1.29 is 14.3 Å². The smallest absolute Gasteiger partial charge is 0.260 e. The summed E-state index contributed by atoms with van der Waals surface area (Å²) in [6.45, 7) is 3.50. The number of amides is 2. The lowest BCUT2D eigenvalue weighted by Crippen LogP contribution is -2.38. The number of hydrogen-bond acceptors (Lipinski definition) is 3. The summed E-state index contributed by atoms with van der Waals surface area (Å²) in [5, 5.41) is 2.77. The molecular formula is C16H22N2O3. The number of anilines is 1. The van der Waals surface area contributed by atoms with E-state index in [1.807, 2.05) is 4.90 Å². The van der Waals surface area contributed by atoms with Gasteiger partial charge < -0.3 is 15.0 Å².